The van der Waals surface area contributed by atoms with E-state index in [4.69, 9.17) is 10.8 Å². The van der Waals surface area contributed by atoms with Gasteiger partial charge in [0.2, 0.25) is 0 Å². The van der Waals surface area contributed by atoms with E-state index in [0.29, 0.717) is 12.2 Å². The fourth-order valence-corrected chi connectivity index (χ4v) is 1.97. The summed E-state index contributed by atoms with van der Waals surface area (Å²) in [6.07, 6.45) is 7.20. The highest BCUT2D eigenvalue weighted by Gasteiger charge is 2.13. The van der Waals surface area contributed by atoms with Crippen LogP contribution in [0.2, 0.25) is 0 Å². The molecule has 0 aliphatic heterocycles. The van der Waals surface area contributed by atoms with Crippen molar-refractivity contribution >= 4 is 17.3 Å². The van der Waals surface area contributed by atoms with E-state index in [9.17, 15) is 9.18 Å². The van der Waals surface area contributed by atoms with E-state index in [-0.39, 0.29) is 5.69 Å². The van der Waals surface area contributed by atoms with Crippen molar-refractivity contribution in [2.24, 2.45) is 0 Å². The minimum Gasteiger partial charge on any atom is -0.478 e. The number of anilines is 2. The fourth-order valence-electron chi connectivity index (χ4n) is 1.97. The van der Waals surface area contributed by atoms with Gasteiger partial charge in [0.05, 0.1) is 23.3 Å². The smallest absolute Gasteiger partial charge is 0.338 e. The van der Waals surface area contributed by atoms with Crippen molar-refractivity contribution in [2.45, 2.75) is 19.4 Å². The van der Waals surface area contributed by atoms with Crippen LogP contribution in [0.4, 0.5) is 15.8 Å². The zero-order chi connectivity index (χ0) is 15.2. The van der Waals surface area contributed by atoms with Crippen LogP contribution in [0.5, 0.6) is 0 Å². The highest BCUT2D eigenvalue weighted by molar-refractivity contribution is 5.90. The molecule has 7 heteroatoms. The zero-order valence-electron chi connectivity index (χ0n) is 11.4. The number of aromatic nitrogens is 2. The van der Waals surface area contributed by atoms with E-state index >= 15 is 0 Å². The summed E-state index contributed by atoms with van der Waals surface area (Å²) >= 11 is 0. The molecule has 0 spiro atoms. The lowest BCUT2D eigenvalue weighted by atomic mass is 10.1. The molecule has 4 N–H and O–H groups in total. The number of carbonyl (C=O) groups is 1. The van der Waals surface area contributed by atoms with Crippen LogP contribution in [0.25, 0.3) is 0 Å². The van der Waals surface area contributed by atoms with Crippen molar-refractivity contribution in [3.8, 4) is 0 Å². The SMILES string of the molecule is Nc1cc(C(=O)O)c(F)cc1NCCCCn1ccnc1. The molecule has 0 aliphatic carbocycles. The molecule has 1 heterocycles. The number of aryl methyl sites for hydroxylation is 1. The maximum absolute atomic E-state index is 13.6. The van der Waals surface area contributed by atoms with Crippen molar-refractivity contribution in [2.75, 3.05) is 17.6 Å². The minimum atomic E-state index is -1.33. The Morgan fingerprint density at radius 1 is 1.43 bits per heavy atom. The number of imidazole rings is 1. The van der Waals surface area contributed by atoms with E-state index < -0.39 is 17.3 Å². The number of hydrogen-bond acceptors (Lipinski definition) is 4. The van der Waals surface area contributed by atoms with Crippen molar-refractivity contribution in [3.05, 3.63) is 42.2 Å². The number of hydrogen-bond donors (Lipinski definition) is 3. The second-order valence-corrected chi connectivity index (χ2v) is 4.66. The highest BCUT2D eigenvalue weighted by Crippen LogP contribution is 2.23. The van der Waals surface area contributed by atoms with E-state index in [1.54, 1.807) is 12.5 Å². The molecule has 6 nitrogen and oxygen atoms in total. The fraction of sp³-hybridized carbons (Fsp3) is 0.286. The average molecular weight is 292 g/mol. The number of nitrogen functional groups attached to an aromatic ring is 1. The van der Waals surface area contributed by atoms with Gasteiger partial charge in [-0.1, -0.05) is 0 Å². The number of halogens is 1. The summed E-state index contributed by atoms with van der Waals surface area (Å²) in [5.41, 5.74) is 5.94. The predicted molar refractivity (Wildman–Crippen MR) is 77.7 cm³/mol. The third-order valence-electron chi connectivity index (χ3n) is 3.09. The zero-order valence-corrected chi connectivity index (χ0v) is 11.4. The molecule has 1 aromatic heterocycles. The molecule has 0 amide bonds. The number of nitrogens with two attached hydrogens (primary N) is 1. The molecule has 112 valence electrons. The Morgan fingerprint density at radius 3 is 2.90 bits per heavy atom. The average Bonchev–Trinajstić information content (AvgIpc) is 2.94. The molecule has 0 fully saturated rings. The van der Waals surface area contributed by atoms with Gasteiger partial charge in [0.1, 0.15) is 5.82 Å². The Labute approximate surface area is 121 Å². The Morgan fingerprint density at radius 2 is 2.24 bits per heavy atom. The normalized spacial score (nSPS) is 10.5. The lowest BCUT2D eigenvalue weighted by Gasteiger charge is -2.11. The van der Waals surface area contributed by atoms with Crippen molar-refractivity contribution in [1.29, 1.82) is 0 Å². The second-order valence-electron chi connectivity index (χ2n) is 4.66. The molecule has 21 heavy (non-hydrogen) atoms. The van der Waals surface area contributed by atoms with Gasteiger partial charge in [-0.25, -0.2) is 14.2 Å². The third kappa shape index (κ3) is 3.95. The van der Waals surface area contributed by atoms with Gasteiger partial charge >= 0.3 is 5.97 Å². The maximum Gasteiger partial charge on any atom is 0.338 e. The van der Waals surface area contributed by atoms with Gasteiger partial charge in [-0.2, -0.15) is 0 Å². The first kappa shape index (κ1) is 14.8. The van der Waals surface area contributed by atoms with Gasteiger partial charge < -0.3 is 20.7 Å². The van der Waals surface area contributed by atoms with E-state index in [0.717, 1.165) is 31.5 Å². The van der Waals surface area contributed by atoms with Crippen LogP contribution in [0.15, 0.2) is 30.9 Å². The van der Waals surface area contributed by atoms with Gasteiger partial charge in [-0.15, -0.1) is 0 Å². The summed E-state index contributed by atoms with van der Waals surface area (Å²) in [5.74, 6) is -2.12. The number of nitrogens with one attached hydrogen (secondary N) is 1. The molecule has 1 aromatic carbocycles. The molecule has 0 radical (unpaired) electrons. The van der Waals surface area contributed by atoms with Crippen LogP contribution < -0.4 is 11.1 Å². The Kier molecular flexibility index (Phi) is 4.76. The number of nitrogens with zero attached hydrogens (tertiary/aromatic N) is 2. The van der Waals surface area contributed by atoms with Gasteiger partial charge in [-0.3, -0.25) is 0 Å². The summed E-state index contributed by atoms with van der Waals surface area (Å²) in [6.45, 7) is 1.49. The minimum absolute atomic E-state index is 0.225. The number of benzene rings is 1. The molecule has 2 aromatic rings. The van der Waals surface area contributed by atoms with E-state index in [2.05, 4.69) is 10.3 Å². The molecule has 0 saturated heterocycles. The largest absolute Gasteiger partial charge is 0.478 e. The van der Waals surface area contributed by atoms with Crippen molar-refractivity contribution < 1.29 is 14.3 Å². The van der Waals surface area contributed by atoms with Crippen molar-refractivity contribution in [1.82, 2.24) is 9.55 Å². The quantitative estimate of drug-likeness (QED) is 0.537. The maximum atomic E-state index is 13.6. The first-order valence-electron chi connectivity index (χ1n) is 6.60. The number of carboxylic acid groups (broad SMARTS) is 1. The van der Waals surface area contributed by atoms with Crippen LogP contribution in [-0.4, -0.2) is 27.2 Å². The highest BCUT2D eigenvalue weighted by atomic mass is 19.1. The lowest BCUT2D eigenvalue weighted by molar-refractivity contribution is 0.0692. The molecule has 0 aliphatic rings. The topological polar surface area (TPSA) is 93.2 Å². The molecular weight excluding hydrogens is 275 g/mol. The van der Waals surface area contributed by atoms with Crippen LogP contribution in [-0.2, 0) is 6.54 Å². The second kappa shape index (κ2) is 6.74. The number of unbranched alkanes of at least 4 members (excludes halogenated alkanes) is 1. The van der Waals surface area contributed by atoms with Crippen LogP contribution in [0.1, 0.15) is 23.2 Å². The molecule has 0 saturated carbocycles. The lowest BCUT2D eigenvalue weighted by Crippen LogP contribution is -2.08. The Hall–Kier alpha value is -2.57. The summed E-state index contributed by atoms with van der Waals surface area (Å²) in [7, 11) is 0. The molecule has 0 bridgehead atoms. The Balaban J connectivity index is 1.83. The first-order valence-corrected chi connectivity index (χ1v) is 6.60. The number of carboxylic acids is 1. The standard InChI is InChI=1S/C14H17FN4O2/c15-11-8-13(12(16)7-10(11)14(20)21)18-3-1-2-5-19-6-4-17-9-19/h4,6-9,18H,1-3,5,16H2,(H,20,21). The first-order chi connectivity index (χ1) is 10.1. The van der Waals surface area contributed by atoms with Gasteiger partial charge in [0, 0.05) is 25.5 Å². The Bertz CT molecular complexity index is 614. The van der Waals surface area contributed by atoms with Gasteiger partial charge in [-0.05, 0) is 25.0 Å². The monoisotopic (exact) mass is 292 g/mol. The van der Waals surface area contributed by atoms with E-state index in [1.807, 2.05) is 10.8 Å². The molecule has 0 atom stereocenters. The van der Waals surface area contributed by atoms with Crippen molar-refractivity contribution in [3.63, 3.8) is 0 Å². The molecule has 0 unspecified atom stereocenters. The predicted octanol–water partition coefficient (Wildman–Crippen LogP) is 2.19. The van der Waals surface area contributed by atoms with E-state index in [1.165, 1.54) is 0 Å². The van der Waals surface area contributed by atoms with Crippen LogP contribution >= 0.6 is 0 Å². The summed E-state index contributed by atoms with van der Waals surface area (Å²) in [5, 5.41) is 11.8. The third-order valence-corrected chi connectivity index (χ3v) is 3.09. The summed E-state index contributed by atoms with van der Waals surface area (Å²) < 4.78 is 15.5. The van der Waals surface area contributed by atoms with Crippen LogP contribution in [0.3, 0.4) is 0 Å². The molecule has 2 rings (SSSR count). The van der Waals surface area contributed by atoms with Gasteiger partial charge in [0.15, 0.2) is 0 Å². The summed E-state index contributed by atoms with van der Waals surface area (Å²) in [6, 6.07) is 2.25. The molecular formula is C14H17FN4O2. The van der Waals surface area contributed by atoms with Crippen LogP contribution in [0, 0.1) is 5.82 Å². The number of aromatic carboxylic acids is 1. The van der Waals surface area contributed by atoms with Gasteiger partial charge in [0.25, 0.3) is 0 Å². The number of rotatable bonds is 7. The summed E-state index contributed by atoms with van der Waals surface area (Å²) in [4.78, 5) is 14.7.